The fraction of sp³-hybridized carbons (Fsp3) is 0. The first-order valence-corrected chi connectivity index (χ1v) is 0. The van der Waals surface area contributed by atoms with Gasteiger partial charge in [-0.3, -0.25) is 0 Å². The first kappa shape index (κ1) is 31800. The summed E-state index contributed by atoms with van der Waals surface area (Å²) >= 11 is 0. The van der Waals surface area contributed by atoms with Gasteiger partial charge in [0.15, 0.2) is 0 Å². The molecule has 0 aliphatic carbocycles. The molecule has 0 aromatic heterocycles. The monoisotopic (exact) mass is 2490 g/mol. The standard InChI is InChI=1S/100O.10Y/q100*-2;10*+3. The van der Waals surface area contributed by atoms with Crippen molar-refractivity contribution in [2.45, 2.75) is 0 Å². The van der Waals surface area contributed by atoms with Crippen molar-refractivity contribution in [3.05, 3.63) is 0 Å². The summed E-state index contributed by atoms with van der Waals surface area (Å²) in [6.45, 7) is 0. The molecule has 0 fully saturated rings. The molecular weight excluding hydrogens is 2490 g/mol. The second kappa shape index (κ2) is 31000. The molecule has 0 heterocycles. The van der Waals surface area contributed by atoms with E-state index in [1.165, 1.54) is 0 Å². The molecule has 800 valence electrons. The molecule has 0 amide bonds. The number of hydrogen-bond acceptors (Lipinski definition) is 0. The van der Waals surface area contributed by atoms with Crippen LogP contribution < -0.4 is 0 Å². The molecule has 0 N–H and O–H groups in total. The quantitative estimate of drug-likeness (QED) is 0.218. The molecule has 0 aromatic carbocycles. The third kappa shape index (κ3) is 30200. The SMILES string of the molecule is [O-2].[O-2].[O-2].[O-2].[O-2].[O-2].[O-2].[O-2].[O-2].[O-2].[O-2].[O-2].[O-2].[O-2].[O-2].[O-2].[O-2].[O-2].[O-2].[O-2].[O-2].[O-2].[O-2].[O-2].[O-2].[O-2].[O-2].[O-2].[O-2].[O-2].[O-2].[O-2].[O-2].[O-2].[O-2].[O-2].[O-2].[O-2].[O-2].[O-2].[O-2].[O-2].[O-2].[O-2].[O-2].[O-2].[O-2].[O-2].[O-2].[O-2].[O-2].[O-2].[O-2].[O-2].[O-2].[O-2].[O-2].[O-2].[O-2].[O-2].[O-2].[O-2].[O-2].[O-2].[O-2].[O-2].[O-2].[O-2].[O-2].[O-2].[O-2].[O-2].[O-2].[O-2].[O-2].[O-2].[O-2].[O-2].[O-2].[O-2].[O-2].[O-2].[O-2].[O-2].[O-2].[O-2].[O-2].[O-2].[O-2].[O-2].[O-2].[O-2].[O-2].[O-2].[O-2].[O-2].[O-2].[O-2].[O-2].[O-2].[Y+3].[Y+3].[Y+3].[Y+3].[Y+3].[Y+3].[Y+3].[Y+3].[Y+3].[Y+3]. The van der Waals surface area contributed by atoms with E-state index in [2.05, 4.69) is 0 Å². The zero-order chi connectivity index (χ0) is 0. The first-order chi connectivity index (χ1) is 0. The van der Waals surface area contributed by atoms with Gasteiger partial charge in [-0.25, -0.2) is 0 Å². The third-order valence-electron chi connectivity index (χ3n) is 0. The molecule has 0 rings (SSSR count). The van der Waals surface area contributed by atoms with Gasteiger partial charge in [-0.1, -0.05) is 0 Å². The van der Waals surface area contributed by atoms with Crippen LogP contribution in [0.15, 0.2) is 0 Å². The Hall–Kier alpha value is 7.04. The van der Waals surface area contributed by atoms with E-state index in [9.17, 15) is 0 Å². The van der Waals surface area contributed by atoms with E-state index in [4.69, 9.17) is 0 Å². The van der Waals surface area contributed by atoms with Gasteiger partial charge in [0.2, 0.25) is 0 Å². The minimum atomic E-state index is 0. The molecule has 100 nitrogen and oxygen atoms in total. The van der Waals surface area contributed by atoms with Crippen molar-refractivity contribution in [1.82, 2.24) is 0 Å². The smallest absolute Gasteiger partial charge is 2.00 e. The summed E-state index contributed by atoms with van der Waals surface area (Å²) in [4.78, 5) is 0. The maximum Gasteiger partial charge on any atom is 3.00 e. The Morgan fingerprint density at radius 1 is 0.0182 bits per heavy atom. The van der Waals surface area contributed by atoms with Gasteiger partial charge in [-0.05, 0) is 0 Å². The van der Waals surface area contributed by atoms with E-state index < -0.39 is 0 Å². The van der Waals surface area contributed by atoms with Gasteiger partial charge < -0.3 is 548 Å². The maximum absolute atomic E-state index is 0. The van der Waals surface area contributed by atoms with Gasteiger partial charge in [-0.15, -0.1) is 0 Å². The average Bonchev–Trinajstić information content (AvgIpc) is 0. The van der Waals surface area contributed by atoms with Crippen molar-refractivity contribution >= 4 is 0 Å². The van der Waals surface area contributed by atoms with Crippen LogP contribution in [0.25, 0.3) is 0 Å². The maximum atomic E-state index is 0. The Bertz CT molecular complexity index is 48.3. The van der Waals surface area contributed by atoms with Gasteiger partial charge in [0.1, 0.15) is 0 Å². The normalized spacial score (nSPS) is 0. The fourth-order valence-corrected chi connectivity index (χ4v) is 0. The zero-order valence-electron chi connectivity index (χ0n) is 46.6. The second-order valence-electron chi connectivity index (χ2n) is 0. The van der Waals surface area contributed by atoms with Crippen LogP contribution in [0.2, 0.25) is 0 Å². The average molecular weight is 2490 g/mol. The van der Waals surface area contributed by atoms with Crippen LogP contribution in [0.5, 0.6) is 0 Å². The Balaban J connectivity index is 0. The van der Waals surface area contributed by atoms with Crippen LogP contribution in [0.3, 0.4) is 0 Å². The Labute approximate surface area is 863 Å². The van der Waals surface area contributed by atoms with Crippen LogP contribution >= 0.6 is 0 Å². The second-order valence-corrected chi connectivity index (χ2v) is 0. The Kier molecular flexibility index (Phi) is 8960000. The molecule has 0 bridgehead atoms. The molecule has 0 saturated heterocycles. The van der Waals surface area contributed by atoms with Crippen molar-refractivity contribution < 1.29 is 875 Å². The number of hydrogen-bond donors (Lipinski definition) is 0. The van der Waals surface area contributed by atoms with Gasteiger partial charge in [0, 0.05) is 0 Å². The minimum absolute atomic E-state index is 0. The Morgan fingerprint density at radius 3 is 0.0182 bits per heavy atom. The summed E-state index contributed by atoms with van der Waals surface area (Å²) < 4.78 is 0. The Morgan fingerprint density at radius 2 is 0.0182 bits per heavy atom. The van der Waals surface area contributed by atoms with Gasteiger partial charge in [0.05, 0.1) is 0 Å². The molecule has 0 aliphatic heterocycles. The third-order valence-corrected chi connectivity index (χ3v) is 0. The molecule has 110 heteroatoms. The summed E-state index contributed by atoms with van der Waals surface area (Å²) in [6.07, 6.45) is 0. The zero-order valence-corrected chi connectivity index (χ0v) is 75.0. The topological polar surface area (TPSA) is 2850 Å². The van der Waals surface area contributed by atoms with Crippen LogP contribution in [-0.4, -0.2) is 0 Å². The van der Waals surface area contributed by atoms with Crippen LogP contribution in [0.4, 0.5) is 0 Å². The molecule has 0 atom stereocenters. The molecule has 0 saturated carbocycles. The molecule has 0 unspecified atom stereocenters. The minimum Gasteiger partial charge on any atom is -2.00 e. The predicted molar refractivity (Wildman–Crippen MR) is 68.7 cm³/mol. The van der Waals surface area contributed by atoms with Crippen molar-refractivity contribution in [2.75, 3.05) is 0 Å². The van der Waals surface area contributed by atoms with Crippen molar-refractivity contribution in [1.29, 1.82) is 0 Å². The van der Waals surface area contributed by atoms with E-state index >= 15 is 0 Å². The molecule has 0 aromatic rings. The van der Waals surface area contributed by atoms with E-state index in [-0.39, 0.29) is 875 Å². The molecule has 0 radical (unpaired) electrons. The molecule has 110 heavy (non-hydrogen) atoms. The van der Waals surface area contributed by atoms with Crippen molar-refractivity contribution in [2.24, 2.45) is 0 Å². The summed E-state index contributed by atoms with van der Waals surface area (Å²) in [6, 6.07) is 0. The summed E-state index contributed by atoms with van der Waals surface area (Å²) in [5, 5.41) is 0. The van der Waals surface area contributed by atoms with Gasteiger partial charge >= 0.3 is 327 Å². The number of rotatable bonds is 0. The summed E-state index contributed by atoms with van der Waals surface area (Å²) in [7, 11) is 0. The summed E-state index contributed by atoms with van der Waals surface area (Å²) in [5.74, 6) is 0. The van der Waals surface area contributed by atoms with E-state index in [1.807, 2.05) is 0 Å². The van der Waals surface area contributed by atoms with Gasteiger partial charge in [0.25, 0.3) is 0 Å². The van der Waals surface area contributed by atoms with E-state index in [0.29, 0.717) is 0 Å². The summed E-state index contributed by atoms with van der Waals surface area (Å²) in [5.41, 5.74) is 0. The first-order valence-electron chi connectivity index (χ1n) is 0. The van der Waals surface area contributed by atoms with Crippen LogP contribution in [0.1, 0.15) is 0 Å². The largest absolute Gasteiger partial charge is 3.00 e. The van der Waals surface area contributed by atoms with Crippen LogP contribution in [0, 0.1) is 0 Å². The molecular formula is O100Y10-170. The predicted octanol–water partition coefficient (Wildman–Crippen LogP) is -11.9. The van der Waals surface area contributed by atoms with Crippen molar-refractivity contribution in [3.8, 4) is 0 Å². The van der Waals surface area contributed by atoms with Crippen molar-refractivity contribution in [3.63, 3.8) is 0 Å². The van der Waals surface area contributed by atoms with E-state index in [0.717, 1.165) is 0 Å². The van der Waals surface area contributed by atoms with E-state index in [1.54, 1.807) is 0 Å². The van der Waals surface area contributed by atoms with Crippen LogP contribution in [-0.2, 0) is 875 Å². The molecule has 0 aliphatic rings. The van der Waals surface area contributed by atoms with Gasteiger partial charge in [-0.2, -0.15) is 0 Å². The molecule has 0 spiro atoms. The fourth-order valence-electron chi connectivity index (χ4n) is 0.